The fourth-order valence-electron chi connectivity index (χ4n) is 1.74. The predicted octanol–water partition coefficient (Wildman–Crippen LogP) is 1.78. The molecule has 1 N–H and O–H groups in total. The Bertz CT molecular complexity index is 242. The first-order valence-corrected chi connectivity index (χ1v) is 5.20. The van der Waals surface area contributed by atoms with Gasteiger partial charge in [-0.15, -0.1) is 0 Å². The fraction of sp³-hybridized carbons (Fsp3) is 0.900. The molecule has 1 heterocycles. The van der Waals surface area contributed by atoms with Gasteiger partial charge in [-0.05, 0) is 20.8 Å². The zero-order valence-corrected chi connectivity index (χ0v) is 9.49. The second-order valence-electron chi connectivity index (χ2n) is 4.98. The monoisotopic (exact) mass is 220 g/mol. The Morgan fingerprint density at radius 1 is 1.40 bits per heavy atom. The summed E-state index contributed by atoms with van der Waals surface area (Å²) in [5.74, 6) is 0. The van der Waals surface area contributed by atoms with Gasteiger partial charge < -0.3 is 9.84 Å². The molecule has 0 aliphatic carbocycles. The molecule has 0 radical (unpaired) electrons. The molecular formula is C10H19FNO3+. The van der Waals surface area contributed by atoms with Crippen molar-refractivity contribution in [2.24, 2.45) is 0 Å². The van der Waals surface area contributed by atoms with Gasteiger partial charge in [-0.3, -0.25) is 0 Å². The second-order valence-corrected chi connectivity index (χ2v) is 4.98. The average molecular weight is 220 g/mol. The number of amides is 1. The number of halogens is 1. The third kappa shape index (κ3) is 2.66. The lowest BCUT2D eigenvalue weighted by Gasteiger charge is -2.32. The van der Waals surface area contributed by atoms with E-state index < -0.39 is 22.7 Å². The van der Waals surface area contributed by atoms with Crippen LogP contribution in [0.1, 0.15) is 33.6 Å². The molecule has 1 unspecified atom stereocenters. The molecule has 15 heavy (non-hydrogen) atoms. The number of hydrogen-bond donors (Lipinski definition) is 1. The highest BCUT2D eigenvalue weighted by Crippen LogP contribution is 2.27. The molecule has 0 bridgehead atoms. The van der Waals surface area contributed by atoms with Crippen molar-refractivity contribution in [1.29, 1.82) is 0 Å². The number of nitrogens with zero attached hydrogens (tertiary/aromatic N) is 1. The van der Waals surface area contributed by atoms with Crippen LogP contribution in [0.25, 0.3) is 0 Å². The summed E-state index contributed by atoms with van der Waals surface area (Å²) in [4.78, 5) is 11.8. The standard InChI is InChI=1S/C10H19FNO3/c1-10(2,3)15-9(14)12(8(11)13)6-4-5-7-12/h8,13H,4-7H2,1-3H3/q+1. The van der Waals surface area contributed by atoms with Crippen molar-refractivity contribution in [3.63, 3.8) is 0 Å². The molecule has 88 valence electrons. The summed E-state index contributed by atoms with van der Waals surface area (Å²) in [6.07, 6.45) is 0.801. The maximum Gasteiger partial charge on any atom is 0.521 e. The molecule has 4 nitrogen and oxygen atoms in total. The summed E-state index contributed by atoms with van der Waals surface area (Å²) in [7, 11) is 0. The Morgan fingerprint density at radius 3 is 2.20 bits per heavy atom. The van der Waals surface area contributed by atoms with Crippen LogP contribution in [0.3, 0.4) is 0 Å². The number of quaternary nitrogens is 1. The Hall–Kier alpha value is -0.680. The molecule has 1 atom stereocenters. The first-order valence-electron chi connectivity index (χ1n) is 5.20. The minimum absolute atomic E-state index is 0.312. The average Bonchev–Trinajstić information content (AvgIpc) is 2.48. The number of carbonyl (C=O) groups is 1. The fourth-order valence-corrected chi connectivity index (χ4v) is 1.74. The zero-order chi connectivity index (χ0) is 11.7. The zero-order valence-electron chi connectivity index (χ0n) is 9.49. The van der Waals surface area contributed by atoms with Crippen molar-refractivity contribution in [2.45, 2.75) is 45.7 Å². The number of likely N-dealkylation sites (tertiary alicyclic amines) is 1. The van der Waals surface area contributed by atoms with Gasteiger partial charge in [0.2, 0.25) is 0 Å². The summed E-state index contributed by atoms with van der Waals surface area (Å²) in [6.45, 7) is 3.62. The van der Waals surface area contributed by atoms with Crippen molar-refractivity contribution in [3.8, 4) is 0 Å². The minimum Gasteiger partial charge on any atom is -0.414 e. The summed E-state index contributed by atoms with van der Waals surface area (Å²) in [6, 6.07) is 0. The molecule has 1 fully saturated rings. The molecule has 0 aromatic heterocycles. The molecule has 0 spiro atoms. The molecule has 1 rings (SSSR count). The number of aliphatic hydroxyl groups is 1. The molecule has 0 aromatic carbocycles. The van der Waals surface area contributed by atoms with Crippen molar-refractivity contribution in [3.05, 3.63) is 0 Å². The van der Waals surface area contributed by atoms with Gasteiger partial charge in [-0.25, -0.2) is 0 Å². The highest BCUT2D eigenvalue weighted by atomic mass is 19.1. The quantitative estimate of drug-likeness (QED) is 0.541. The Morgan fingerprint density at radius 2 is 1.87 bits per heavy atom. The molecule has 1 aliphatic heterocycles. The van der Waals surface area contributed by atoms with E-state index in [-0.39, 0.29) is 0 Å². The SMILES string of the molecule is CC(C)(C)OC(=O)[N+]1(C(O)F)CCCC1. The first-order chi connectivity index (χ1) is 6.78. The topological polar surface area (TPSA) is 46.5 Å². The van der Waals surface area contributed by atoms with E-state index in [4.69, 9.17) is 9.84 Å². The number of rotatable bonds is 1. The van der Waals surface area contributed by atoms with Gasteiger partial charge in [0.1, 0.15) is 5.60 Å². The summed E-state index contributed by atoms with van der Waals surface area (Å²) >= 11 is 0. The maximum atomic E-state index is 13.1. The van der Waals surface area contributed by atoms with Gasteiger partial charge in [0, 0.05) is 12.8 Å². The van der Waals surface area contributed by atoms with E-state index in [0.29, 0.717) is 13.1 Å². The van der Waals surface area contributed by atoms with Gasteiger partial charge in [-0.2, -0.15) is 13.7 Å². The molecule has 0 aromatic rings. The van der Waals surface area contributed by atoms with Crippen molar-refractivity contribution in [2.75, 3.05) is 13.1 Å². The number of ether oxygens (including phenoxy) is 1. The summed E-state index contributed by atoms with van der Waals surface area (Å²) in [5.41, 5.74) is -0.653. The van der Waals surface area contributed by atoms with Crippen LogP contribution in [0.5, 0.6) is 0 Å². The van der Waals surface area contributed by atoms with E-state index in [2.05, 4.69) is 0 Å². The van der Waals surface area contributed by atoms with Crippen molar-refractivity contribution in [1.82, 2.24) is 0 Å². The molecule has 1 aliphatic rings. The predicted molar refractivity (Wildman–Crippen MR) is 52.6 cm³/mol. The second kappa shape index (κ2) is 4.06. The lowest BCUT2D eigenvalue weighted by molar-refractivity contribution is -0.912. The normalized spacial score (nSPS) is 22.5. The van der Waals surface area contributed by atoms with E-state index in [1.165, 1.54) is 0 Å². The lowest BCUT2D eigenvalue weighted by atomic mass is 10.2. The third-order valence-electron chi connectivity index (χ3n) is 2.53. The van der Waals surface area contributed by atoms with Crippen LogP contribution in [0.2, 0.25) is 0 Å². The largest absolute Gasteiger partial charge is 0.521 e. The van der Waals surface area contributed by atoms with E-state index in [1.54, 1.807) is 20.8 Å². The molecule has 1 amide bonds. The Kier molecular flexibility index (Phi) is 3.35. The van der Waals surface area contributed by atoms with Gasteiger partial charge in [0.25, 0.3) is 0 Å². The molecule has 5 heteroatoms. The summed E-state index contributed by atoms with van der Waals surface area (Å²) < 4.78 is 17.6. The molecule has 1 saturated heterocycles. The number of hydrogen-bond acceptors (Lipinski definition) is 3. The number of alkyl halides is 1. The van der Waals surface area contributed by atoms with Crippen LogP contribution in [0.4, 0.5) is 9.18 Å². The number of carbonyl (C=O) groups excluding carboxylic acids is 1. The van der Waals surface area contributed by atoms with Crippen LogP contribution in [0.15, 0.2) is 0 Å². The van der Waals surface area contributed by atoms with Gasteiger partial charge >= 0.3 is 12.6 Å². The highest BCUT2D eigenvalue weighted by Gasteiger charge is 2.49. The Balaban J connectivity index is 2.77. The highest BCUT2D eigenvalue weighted by molar-refractivity contribution is 5.60. The van der Waals surface area contributed by atoms with Crippen molar-refractivity contribution >= 4 is 6.09 Å². The summed E-state index contributed by atoms with van der Waals surface area (Å²) in [5, 5.41) is 9.07. The van der Waals surface area contributed by atoms with Gasteiger partial charge in [0.05, 0.1) is 13.1 Å². The molecular weight excluding hydrogens is 201 g/mol. The van der Waals surface area contributed by atoms with Gasteiger partial charge in [0.15, 0.2) is 0 Å². The van der Waals surface area contributed by atoms with Crippen molar-refractivity contribution < 1.29 is 23.5 Å². The Labute approximate surface area is 89.2 Å². The maximum absolute atomic E-state index is 13.1. The van der Waals surface area contributed by atoms with Crippen LogP contribution in [0, 0.1) is 0 Å². The van der Waals surface area contributed by atoms with Crippen LogP contribution in [-0.4, -0.2) is 40.9 Å². The number of aliphatic hydroxyl groups excluding tert-OH is 1. The third-order valence-corrected chi connectivity index (χ3v) is 2.53. The van der Waals surface area contributed by atoms with Crippen LogP contribution < -0.4 is 0 Å². The van der Waals surface area contributed by atoms with E-state index in [9.17, 15) is 9.18 Å². The van der Waals surface area contributed by atoms with E-state index in [1.807, 2.05) is 0 Å². The lowest BCUT2D eigenvalue weighted by Crippen LogP contribution is -2.57. The van der Waals surface area contributed by atoms with E-state index in [0.717, 1.165) is 12.8 Å². The van der Waals surface area contributed by atoms with Gasteiger partial charge in [-0.1, -0.05) is 0 Å². The van der Waals surface area contributed by atoms with E-state index >= 15 is 0 Å². The van der Waals surface area contributed by atoms with Crippen LogP contribution in [-0.2, 0) is 4.74 Å². The smallest absolute Gasteiger partial charge is 0.414 e. The first kappa shape index (κ1) is 12.4. The van der Waals surface area contributed by atoms with Crippen LogP contribution >= 0.6 is 0 Å². The minimum atomic E-state index is -2.18. The molecule has 0 saturated carbocycles.